The molecule has 0 radical (unpaired) electrons. The predicted molar refractivity (Wildman–Crippen MR) is 156 cm³/mol. The highest BCUT2D eigenvalue weighted by molar-refractivity contribution is 6.01. The molecular weight excluding hydrogens is 540 g/mol. The quantitative estimate of drug-likeness (QED) is 0.405. The number of alkyl halides is 2. The molecule has 2 aromatic carbocycles. The molecule has 4 aliphatic rings. The summed E-state index contributed by atoms with van der Waals surface area (Å²) in [5.74, 6) is -2.11. The van der Waals surface area contributed by atoms with Crippen LogP contribution in [0.5, 0.6) is 0 Å². The number of carbonyl (C=O) groups is 2. The zero-order valence-corrected chi connectivity index (χ0v) is 24.2. The third kappa shape index (κ3) is 4.74. The summed E-state index contributed by atoms with van der Waals surface area (Å²) in [6, 6.07) is 17.9. The van der Waals surface area contributed by atoms with Gasteiger partial charge in [0.2, 0.25) is 0 Å². The van der Waals surface area contributed by atoms with Crippen LogP contribution in [0.4, 0.5) is 14.5 Å². The van der Waals surface area contributed by atoms with Gasteiger partial charge in [-0.05, 0) is 84.9 Å². The molecule has 3 fully saturated rings. The van der Waals surface area contributed by atoms with E-state index in [1.807, 2.05) is 49.4 Å². The third-order valence-electron chi connectivity index (χ3n) is 10.5. The van der Waals surface area contributed by atoms with Crippen molar-refractivity contribution in [1.29, 1.82) is 0 Å². The van der Waals surface area contributed by atoms with E-state index in [2.05, 4.69) is 12.1 Å². The number of aliphatic hydroxyl groups excluding tert-OH is 2. The Morgan fingerprint density at radius 3 is 2.29 bits per heavy atom. The summed E-state index contributed by atoms with van der Waals surface area (Å²) < 4.78 is 31.8. The van der Waals surface area contributed by atoms with Crippen molar-refractivity contribution in [2.75, 3.05) is 18.7 Å². The van der Waals surface area contributed by atoms with Gasteiger partial charge in [0.1, 0.15) is 12.8 Å². The standard InChI is InChI=1S/C21H26F2O4.C13H13NO/c1-19-9-18(27)21(23)14(12(19)3-4-13(19)17(26)10-24)8-16(22)15-7-11(25)5-6-20(15,21)2;1-14(15)13-9-7-12(8-10-13)11-5-3-2-4-6-11/h5-7,12-14,16,18,24,27H,3-4,8-10H2,1-2H3;2-10,15H,1H3/t12?,13-,14+,16+,18+,19+,20+,21+;/m1./s1. The second-order valence-corrected chi connectivity index (χ2v) is 12.6. The van der Waals surface area contributed by atoms with Crippen molar-refractivity contribution >= 4 is 17.3 Å². The van der Waals surface area contributed by atoms with Crippen molar-refractivity contribution in [3.8, 4) is 11.1 Å². The van der Waals surface area contributed by atoms with Gasteiger partial charge in [0, 0.05) is 24.3 Å². The Labute approximate surface area is 245 Å². The number of halogens is 2. The molecule has 3 saturated carbocycles. The summed E-state index contributed by atoms with van der Waals surface area (Å²) in [5.41, 5.74) is -0.911. The Kier molecular flexibility index (Phi) is 8.02. The van der Waals surface area contributed by atoms with Crippen molar-refractivity contribution in [2.45, 2.75) is 57.5 Å². The number of hydrogen-bond donors (Lipinski definition) is 3. The molecule has 6 rings (SSSR count). The first-order valence-electron chi connectivity index (χ1n) is 14.5. The van der Waals surface area contributed by atoms with Crippen LogP contribution in [-0.4, -0.2) is 58.6 Å². The lowest BCUT2D eigenvalue weighted by Gasteiger charge is -2.62. The van der Waals surface area contributed by atoms with Gasteiger partial charge in [-0.1, -0.05) is 55.5 Å². The molecule has 3 N–H and O–H groups in total. The first kappa shape index (κ1) is 30.3. The smallest absolute Gasteiger partial charge is 0.178 e. The number of carbonyl (C=O) groups excluding carboxylic acids is 2. The Balaban J connectivity index is 0.000000199. The summed E-state index contributed by atoms with van der Waals surface area (Å²) in [7, 11) is 1.61. The van der Waals surface area contributed by atoms with Crippen molar-refractivity contribution < 1.29 is 33.8 Å². The number of nitrogens with zero attached hydrogens (tertiary/aromatic N) is 1. The molecule has 0 bridgehead atoms. The maximum atomic E-state index is 16.7. The molecule has 42 heavy (non-hydrogen) atoms. The van der Waals surface area contributed by atoms with E-state index in [-0.39, 0.29) is 35.9 Å². The minimum absolute atomic E-state index is 0.0860. The minimum Gasteiger partial charge on any atom is -0.390 e. The van der Waals surface area contributed by atoms with E-state index in [0.717, 1.165) is 16.3 Å². The number of ketones is 2. The number of benzene rings is 2. The van der Waals surface area contributed by atoms with Crippen LogP contribution in [0.2, 0.25) is 0 Å². The average molecular weight is 580 g/mol. The normalized spacial score (nSPS) is 36.5. The number of hydrogen-bond acceptors (Lipinski definition) is 6. The second kappa shape index (κ2) is 11.1. The van der Waals surface area contributed by atoms with E-state index >= 15 is 8.78 Å². The zero-order chi connectivity index (χ0) is 30.4. The number of anilines is 1. The summed E-state index contributed by atoms with van der Waals surface area (Å²) in [5, 5.41) is 30.6. The fraction of sp³-hybridized carbons (Fsp3) is 0.471. The number of aliphatic hydroxyl groups is 2. The topological polar surface area (TPSA) is 98.1 Å². The van der Waals surface area contributed by atoms with Crippen molar-refractivity contribution in [3.63, 3.8) is 0 Å². The van der Waals surface area contributed by atoms with E-state index in [4.69, 9.17) is 0 Å². The summed E-state index contributed by atoms with van der Waals surface area (Å²) >= 11 is 0. The molecule has 2 aromatic rings. The van der Waals surface area contributed by atoms with Crippen molar-refractivity contribution in [2.24, 2.45) is 28.6 Å². The maximum Gasteiger partial charge on any atom is 0.178 e. The lowest BCUT2D eigenvalue weighted by Crippen LogP contribution is -2.68. The minimum atomic E-state index is -2.10. The SMILES string of the molecule is CN(O)c1ccc(-c2ccccc2)cc1.C[C@]12C[C@H](O)[C@@]3(F)[C@@H](C[C@H](F)C4=CC(=O)C=C[C@@]43C)C1CC[C@@H]2C(=O)CO. The summed E-state index contributed by atoms with van der Waals surface area (Å²) in [4.78, 5) is 24.0. The highest BCUT2D eigenvalue weighted by Gasteiger charge is 2.72. The summed E-state index contributed by atoms with van der Waals surface area (Å²) in [6.07, 6.45) is 2.09. The number of rotatable bonds is 4. The van der Waals surface area contributed by atoms with Crippen molar-refractivity contribution in [3.05, 3.63) is 78.4 Å². The molecule has 0 aliphatic heterocycles. The molecule has 0 heterocycles. The van der Waals surface area contributed by atoms with Crippen LogP contribution >= 0.6 is 0 Å². The molecular formula is C34H39F2NO5. The number of hydroxylamine groups is 1. The zero-order valence-electron chi connectivity index (χ0n) is 24.2. The van der Waals surface area contributed by atoms with Gasteiger partial charge in [0.15, 0.2) is 17.2 Å². The van der Waals surface area contributed by atoms with Crippen LogP contribution in [-0.2, 0) is 9.59 Å². The Bertz CT molecular complexity index is 1390. The van der Waals surface area contributed by atoms with Crippen LogP contribution in [0.1, 0.15) is 39.5 Å². The van der Waals surface area contributed by atoms with Gasteiger partial charge < -0.3 is 10.2 Å². The van der Waals surface area contributed by atoms with Crippen molar-refractivity contribution in [1.82, 2.24) is 0 Å². The Hall–Kier alpha value is -3.20. The van der Waals surface area contributed by atoms with Gasteiger partial charge in [-0.2, -0.15) is 0 Å². The second-order valence-electron chi connectivity index (χ2n) is 12.6. The highest BCUT2D eigenvalue weighted by atomic mass is 19.1. The molecule has 0 amide bonds. The first-order valence-corrected chi connectivity index (χ1v) is 14.5. The van der Waals surface area contributed by atoms with E-state index in [9.17, 15) is 25.0 Å². The number of Topliss-reactive ketones (excluding diaryl/α,β-unsaturated/α-hetero) is 1. The fourth-order valence-corrected chi connectivity index (χ4v) is 8.34. The Morgan fingerprint density at radius 1 is 1.02 bits per heavy atom. The maximum absolute atomic E-state index is 16.7. The average Bonchev–Trinajstić information content (AvgIpc) is 3.32. The van der Waals surface area contributed by atoms with Gasteiger partial charge in [0.05, 0.1) is 11.8 Å². The third-order valence-corrected chi connectivity index (χ3v) is 10.5. The largest absolute Gasteiger partial charge is 0.390 e. The Morgan fingerprint density at radius 2 is 1.67 bits per heavy atom. The van der Waals surface area contributed by atoms with Gasteiger partial charge in [-0.25, -0.2) is 8.78 Å². The highest BCUT2D eigenvalue weighted by Crippen LogP contribution is 2.69. The molecule has 8 atom stereocenters. The van der Waals surface area contributed by atoms with Crippen LogP contribution in [0.25, 0.3) is 11.1 Å². The molecule has 1 unspecified atom stereocenters. The number of allylic oxidation sites excluding steroid dienone is 4. The molecule has 8 heteroatoms. The van der Waals surface area contributed by atoms with Gasteiger partial charge in [-0.3, -0.25) is 19.9 Å². The summed E-state index contributed by atoms with van der Waals surface area (Å²) in [6.45, 7) is 2.86. The number of fused-ring (bicyclic) bond motifs is 5. The van der Waals surface area contributed by atoms with E-state index in [0.29, 0.717) is 12.8 Å². The van der Waals surface area contributed by atoms with E-state index in [1.54, 1.807) is 14.0 Å². The molecule has 0 saturated heterocycles. The van der Waals surface area contributed by atoms with Crippen LogP contribution in [0.3, 0.4) is 0 Å². The molecule has 0 spiro atoms. The lowest BCUT2D eigenvalue weighted by molar-refractivity contribution is -0.202. The molecule has 0 aromatic heterocycles. The molecule has 224 valence electrons. The molecule has 4 aliphatic carbocycles. The van der Waals surface area contributed by atoms with Gasteiger partial charge >= 0.3 is 0 Å². The monoisotopic (exact) mass is 579 g/mol. The molecule has 6 nitrogen and oxygen atoms in total. The van der Waals surface area contributed by atoms with Gasteiger partial charge in [0.25, 0.3) is 0 Å². The first-order chi connectivity index (χ1) is 19.9. The van der Waals surface area contributed by atoms with E-state index in [1.165, 1.54) is 23.8 Å². The lowest BCUT2D eigenvalue weighted by atomic mass is 9.45. The van der Waals surface area contributed by atoms with Crippen LogP contribution in [0.15, 0.2) is 78.4 Å². The van der Waals surface area contributed by atoms with Gasteiger partial charge in [-0.15, -0.1) is 0 Å². The van der Waals surface area contributed by atoms with E-state index < -0.39 is 47.2 Å². The van der Waals surface area contributed by atoms with Crippen LogP contribution < -0.4 is 5.06 Å². The van der Waals surface area contributed by atoms with Crippen LogP contribution in [0, 0.1) is 28.6 Å². The predicted octanol–water partition coefficient (Wildman–Crippen LogP) is 5.66. The fourth-order valence-electron chi connectivity index (χ4n) is 8.34.